The van der Waals surface area contributed by atoms with Crippen molar-refractivity contribution in [3.63, 3.8) is 0 Å². The van der Waals surface area contributed by atoms with Crippen LogP contribution in [0.5, 0.6) is 0 Å². The number of benzene rings is 2. The van der Waals surface area contributed by atoms with E-state index in [1.165, 1.54) is 4.57 Å². The number of imide groups is 2. The van der Waals surface area contributed by atoms with Crippen molar-refractivity contribution < 1.29 is 46.8 Å². The number of fused-ring (bicyclic) bond motifs is 3. The average Bonchev–Trinajstić information content (AvgIpc) is 3.91. The monoisotopic (exact) mass is 1210 g/mol. The zero-order chi connectivity index (χ0) is 56.0. The normalized spacial score (nSPS) is 20.1. The van der Waals surface area contributed by atoms with Crippen molar-refractivity contribution in [1.29, 1.82) is 0 Å². The van der Waals surface area contributed by atoms with Gasteiger partial charge in [0.05, 0.1) is 11.7 Å². The zero-order valence-electron chi connectivity index (χ0n) is 44.7. The van der Waals surface area contributed by atoms with Crippen LogP contribution in [0.4, 0.5) is 5.69 Å². The Balaban J connectivity index is 0.785. The molecule has 0 spiro atoms. The van der Waals surface area contributed by atoms with Gasteiger partial charge in [-0.15, -0.1) is 0 Å². The summed E-state index contributed by atoms with van der Waals surface area (Å²) in [4.78, 5) is 128. The van der Waals surface area contributed by atoms with Crippen molar-refractivity contribution >= 4 is 96.3 Å². The van der Waals surface area contributed by atoms with Crippen molar-refractivity contribution in [3.8, 4) is 11.1 Å². The van der Waals surface area contributed by atoms with Gasteiger partial charge in [-0.2, -0.15) is 0 Å². The molecule has 3 atom stereocenters. The highest BCUT2D eigenvalue weighted by Crippen LogP contribution is 2.45. The van der Waals surface area contributed by atoms with Gasteiger partial charge < -0.3 is 40.2 Å². The number of nitrogens with one attached hydrogen (secondary N) is 5. The van der Waals surface area contributed by atoms with E-state index in [1.54, 1.807) is 30.3 Å². The third kappa shape index (κ3) is 12.0. The molecular weight excluding hydrogens is 1150 g/mol. The van der Waals surface area contributed by atoms with Crippen LogP contribution in [0.15, 0.2) is 41.3 Å². The number of anilines is 1. The standard InChI is InChI=1S/C56H67IN10O11S/c1-31(57)37-25-47(70)66(55(37)75)21-14-45(68)58-16-17-60-53(73)49-42-28-65(26-33-8-9-33)44-24-38(35(30-79(3,77)78)23-39(44)41-27-63(2)56(76)50(62-49)48(41)42)51(71)59-15-5-18-64-19-12-32(13-20-64)22-34-6-4-7-36-40(34)29-67(54(36)74)43-10-11-46(69)61-52(43)72/h4,6-7,23-24,27,31-33,37,43,62H,5,8-22,25-26,28-30H2,1-3H3,(H,58,68)(H,59,71)(H,60,73)(H,61,69,72). The minimum Gasteiger partial charge on any atom is -0.366 e. The number of carbonyl (C=O) groups excluding carboxylic acids is 8. The predicted octanol–water partition coefficient (Wildman–Crippen LogP) is 3.08. The van der Waals surface area contributed by atoms with Gasteiger partial charge in [0.25, 0.3) is 23.3 Å². The Morgan fingerprint density at radius 3 is 2.29 bits per heavy atom. The number of nitrogens with zero attached hydrogens (tertiary/aromatic N) is 5. The van der Waals surface area contributed by atoms with Crippen molar-refractivity contribution in [1.82, 2.24) is 45.5 Å². The number of pyridine rings is 1. The van der Waals surface area contributed by atoms with Crippen molar-refractivity contribution in [2.45, 2.75) is 99.9 Å². The highest BCUT2D eigenvalue weighted by Gasteiger charge is 2.42. The first-order valence-corrected chi connectivity index (χ1v) is 30.7. The van der Waals surface area contributed by atoms with Crippen LogP contribution in [-0.4, -0.2) is 149 Å². The van der Waals surface area contributed by atoms with E-state index in [-0.39, 0.29) is 101 Å². The van der Waals surface area contributed by atoms with E-state index >= 15 is 0 Å². The van der Waals surface area contributed by atoms with Crippen molar-refractivity contribution in [2.75, 3.05) is 63.5 Å². The third-order valence-corrected chi connectivity index (χ3v) is 18.2. The molecule has 1 aliphatic carbocycles. The fourth-order valence-corrected chi connectivity index (χ4v) is 13.4. The minimum absolute atomic E-state index is 0.0203. The molecule has 10 rings (SSSR count). The summed E-state index contributed by atoms with van der Waals surface area (Å²) in [5.41, 5.74) is 5.69. The van der Waals surface area contributed by atoms with Gasteiger partial charge in [-0.3, -0.25) is 53.4 Å². The van der Waals surface area contributed by atoms with E-state index < -0.39 is 45.3 Å². The van der Waals surface area contributed by atoms with Gasteiger partial charge in [-0.05, 0) is 111 Å². The molecule has 1 saturated carbocycles. The molecular formula is C56H67IN10O11S. The molecule has 79 heavy (non-hydrogen) atoms. The molecule has 6 aliphatic rings. The van der Waals surface area contributed by atoms with Crippen molar-refractivity contribution in [3.05, 3.63) is 86.0 Å². The number of hydrogen-bond acceptors (Lipinski definition) is 13. The van der Waals surface area contributed by atoms with Crippen LogP contribution in [0.2, 0.25) is 0 Å². The Hall–Kier alpha value is -6.47. The number of alkyl halides is 1. The van der Waals surface area contributed by atoms with Gasteiger partial charge in [0, 0.05) is 127 Å². The first-order valence-electron chi connectivity index (χ1n) is 27.4. The second-order valence-corrected chi connectivity index (χ2v) is 26.4. The number of aromatic nitrogens is 2. The second-order valence-electron chi connectivity index (χ2n) is 22.3. The maximum atomic E-state index is 14.3. The summed E-state index contributed by atoms with van der Waals surface area (Å²) < 4.78 is 27.5. The number of sulfone groups is 1. The van der Waals surface area contributed by atoms with Gasteiger partial charge in [-0.1, -0.05) is 41.6 Å². The lowest BCUT2D eigenvalue weighted by atomic mass is 9.87. The highest BCUT2D eigenvalue weighted by atomic mass is 127. The molecule has 0 radical (unpaired) electrons. The average molecular weight is 1220 g/mol. The predicted molar refractivity (Wildman–Crippen MR) is 302 cm³/mol. The summed E-state index contributed by atoms with van der Waals surface area (Å²) in [6.45, 7) is 5.91. The molecule has 21 nitrogen and oxygen atoms in total. The lowest BCUT2D eigenvalue weighted by molar-refractivity contribution is -0.140. The Morgan fingerprint density at radius 2 is 1.58 bits per heavy atom. The lowest BCUT2D eigenvalue weighted by Crippen LogP contribution is -2.52. The van der Waals surface area contributed by atoms with Gasteiger partial charge in [0.2, 0.25) is 29.5 Å². The van der Waals surface area contributed by atoms with E-state index in [9.17, 15) is 51.6 Å². The van der Waals surface area contributed by atoms with E-state index in [1.807, 2.05) is 19.1 Å². The lowest BCUT2D eigenvalue weighted by Gasteiger charge is -2.32. The van der Waals surface area contributed by atoms with Crippen LogP contribution < -0.4 is 31.7 Å². The number of likely N-dealkylation sites (tertiary alicyclic amines) is 2. The van der Waals surface area contributed by atoms with E-state index in [4.69, 9.17) is 0 Å². The molecule has 2 aromatic carbocycles. The molecule has 4 aromatic rings. The third-order valence-electron chi connectivity index (χ3n) is 16.5. The minimum atomic E-state index is -3.65. The molecule has 2 aromatic heterocycles. The maximum Gasteiger partial charge on any atom is 0.274 e. The number of aryl methyl sites for hydroxylation is 1. The number of hydrogen-bond donors (Lipinski definition) is 5. The molecule has 5 N–H and O–H groups in total. The molecule has 3 saturated heterocycles. The summed E-state index contributed by atoms with van der Waals surface area (Å²) in [6.07, 6.45) is 8.74. The summed E-state index contributed by atoms with van der Waals surface area (Å²) in [7, 11) is -2.05. The van der Waals surface area contributed by atoms with Crippen LogP contribution in [0.25, 0.3) is 22.0 Å². The van der Waals surface area contributed by atoms with Gasteiger partial charge in [-0.25, -0.2) is 8.42 Å². The first-order chi connectivity index (χ1) is 37.7. The van der Waals surface area contributed by atoms with Gasteiger partial charge in [0.1, 0.15) is 17.3 Å². The Kier molecular flexibility index (Phi) is 16.2. The molecule has 0 bridgehead atoms. The number of aromatic amines is 1. The van der Waals surface area contributed by atoms with Crippen LogP contribution in [0.3, 0.4) is 0 Å². The number of rotatable bonds is 20. The SMILES string of the molecule is CC(I)C1CC(=O)N(CCC(=O)NCCNC(=O)c2[nH]c3c(=O)n(C)cc4c3c2CN(CC2CC2)c2cc(C(=O)NCCCN3CCC(Cc5cccc6c5CN(C5CCC(=O)NC5=O)C6=O)CC3)c(CS(C)(=O)=O)cc2-4)C1=O. The quantitative estimate of drug-likeness (QED) is 0.0369. The fraction of sp³-hybridized carbons (Fsp3) is 0.518. The van der Waals surface area contributed by atoms with Crippen LogP contribution in [0.1, 0.15) is 118 Å². The van der Waals surface area contributed by atoms with Crippen molar-refractivity contribution in [2.24, 2.45) is 24.8 Å². The fourth-order valence-electron chi connectivity index (χ4n) is 12.1. The number of H-pyrrole nitrogens is 1. The number of amides is 8. The molecule has 7 heterocycles. The Labute approximate surface area is 471 Å². The molecule has 5 aliphatic heterocycles. The molecule has 4 fully saturated rings. The molecule has 8 amide bonds. The molecule has 420 valence electrons. The van der Waals surface area contributed by atoms with E-state index in [0.29, 0.717) is 83.2 Å². The molecule has 3 unspecified atom stereocenters. The van der Waals surface area contributed by atoms with Crippen LogP contribution in [0, 0.1) is 17.8 Å². The summed E-state index contributed by atoms with van der Waals surface area (Å²) in [6, 6.07) is 8.62. The molecule has 23 heteroatoms. The van der Waals surface area contributed by atoms with Crippen LogP contribution in [-0.2, 0) is 66.1 Å². The summed E-state index contributed by atoms with van der Waals surface area (Å²) in [5, 5.41) is 11.6. The Bertz CT molecular complexity index is 3360. The number of piperidine rings is 2. The topological polar surface area (TPSA) is 270 Å². The second kappa shape index (κ2) is 22.9. The smallest absolute Gasteiger partial charge is 0.274 e. The first kappa shape index (κ1) is 55.8. The highest BCUT2D eigenvalue weighted by molar-refractivity contribution is 14.1. The van der Waals surface area contributed by atoms with Gasteiger partial charge in [0.15, 0.2) is 9.84 Å². The largest absolute Gasteiger partial charge is 0.366 e. The summed E-state index contributed by atoms with van der Waals surface area (Å²) in [5.74, 6) is -2.85. The number of carbonyl (C=O) groups is 8. The maximum absolute atomic E-state index is 14.3. The van der Waals surface area contributed by atoms with Crippen LogP contribution >= 0.6 is 22.6 Å². The van der Waals surface area contributed by atoms with E-state index in [0.717, 1.165) is 74.0 Å². The van der Waals surface area contributed by atoms with Gasteiger partial charge >= 0.3 is 0 Å². The summed E-state index contributed by atoms with van der Waals surface area (Å²) >= 11 is 2.12. The zero-order valence-corrected chi connectivity index (χ0v) is 47.7. The van der Waals surface area contributed by atoms with E-state index in [2.05, 4.69) is 64.7 Å². The Morgan fingerprint density at radius 1 is 0.835 bits per heavy atom. The number of halogens is 1.